The first-order valence-electron chi connectivity index (χ1n) is 4.58. The minimum atomic E-state index is 0.778. The lowest BCUT2D eigenvalue weighted by Crippen LogP contribution is -2.04. The maximum Gasteiger partial charge on any atom is 0.151 e. The maximum atomic E-state index is 10.7. The first kappa shape index (κ1) is 8.95. The van der Waals surface area contributed by atoms with E-state index in [1.165, 1.54) is 24.0 Å². The zero-order valence-corrected chi connectivity index (χ0v) is 8.93. The number of halogens is 1. The fourth-order valence-electron chi connectivity index (χ4n) is 1.89. The predicted molar refractivity (Wildman–Crippen MR) is 56.2 cm³/mol. The molecule has 0 aromatic heterocycles. The van der Waals surface area contributed by atoms with Gasteiger partial charge in [-0.25, -0.2) is 0 Å². The second kappa shape index (κ2) is 3.62. The van der Waals surface area contributed by atoms with E-state index in [4.69, 9.17) is 0 Å². The number of carbonyl (C=O) groups excluding carboxylic acids is 1. The van der Waals surface area contributed by atoms with Gasteiger partial charge in [0.25, 0.3) is 0 Å². The summed E-state index contributed by atoms with van der Waals surface area (Å²) in [6, 6.07) is 3.99. The van der Waals surface area contributed by atoms with Gasteiger partial charge in [-0.1, -0.05) is 12.1 Å². The molecule has 1 aliphatic carbocycles. The van der Waals surface area contributed by atoms with Gasteiger partial charge in [0.2, 0.25) is 0 Å². The van der Waals surface area contributed by atoms with Crippen molar-refractivity contribution in [2.24, 2.45) is 0 Å². The molecular formula is C11H11BrO. The van der Waals surface area contributed by atoms with Crippen molar-refractivity contribution >= 4 is 22.2 Å². The maximum absolute atomic E-state index is 10.7. The molecule has 1 aromatic rings. The Balaban J connectivity index is 2.54. The highest BCUT2D eigenvalue weighted by Crippen LogP contribution is 2.30. The van der Waals surface area contributed by atoms with Crippen LogP contribution in [0, 0.1) is 0 Å². The van der Waals surface area contributed by atoms with Crippen LogP contribution < -0.4 is 0 Å². The number of benzene rings is 1. The third-order valence-electron chi connectivity index (χ3n) is 2.62. The fourth-order valence-corrected chi connectivity index (χ4v) is 2.57. The molecule has 13 heavy (non-hydrogen) atoms. The van der Waals surface area contributed by atoms with Crippen LogP contribution in [-0.2, 0) is 12.8 Å². The second-order valence-electron chi connectivity index (χ2n) is 3.43. The van der Waals surface area contributed by atoms with Crippen molar-refractivity contribution < 1.29 is 4.79 Å². The molecule has 0 fully saturated rings. The van der Waals surface area contributed by atoms with E-state index in [0.29, 0.717) is 0 Å². The van der Waals surface area contributed by atoms with Gasteiger partial charge >= 0.3 is 0 Å². The lowest BCUT2D eigenvalue weighted by atomic mass is 9.90. The number of aldehydes is 1. The number of fused-ring (bicyclic) bond motifs is 1. The summed E-state index contributed by atoms with van der Waals surface area (Å²) in [5.41, 5.74) is 3.53. The molecule has 68 valence electrons. The molecule has 0 saturated carbocycles. The van der Waals surface area contributed by atoms with Crippen LogP contribution in [0.25, 0.3) is 0 Å². The number of aryl methyl sites for hydroxylation is 1. The normalized spacial score (nSPS) is 15.2. The summed E-state index contributed by atoms with van der Waals surface area (Å²) >= 11 is 3.50. The van der Waals surface area contributed by atoms with Gasteiger partial charge in [-0.3, -0.25) is 4.79 Å². The molecule has 1 aliphatic rings. The minimum Gasteiger partial charge on any atom is -0.298 e. The van der Waals surface area contributed by atoms with E-state index in [-0.39, 0.29) is 0 Å². The third-order valence-corrected chi connectivity index (χ3v) is 3.56. The highest BCUT2D eigenvalue weighted by molar-refractivity contribution is 9.10. The molecule has 0 spiro atoms. The summed E-state index contributed by atoms with van der Waals surface area (Å²) < 4.78 is 1.01. The van der Waals surface area contributed by atoms with Gasteiger partial charge in [0.05, 0.1) is 0 Å². The van der Waals surface area contributed by atoms with Crippen LogP contribution in [0.1, 0.15) is 34.3 Å². The topological polar surface area (TPSA) is 17.1 Å². The van der Waals surface area contributed by atoms with Crippen LogP contribution in [0.15, 0.2) is 16.6 Å². The Morgan fingerprint density at radius 1 is 1.23 bits per heavy atom. The SMILES string of the molecule is O=Cc1ccc2c(c1Br)CCCC2. The molecule has 0 radical (unpaired) electrons. The van der Waals surface area contributed by atoms with Crippen LogP contribution in [0.2, 0.25) is 0 Å². The largest absolute Gasteiger partial charge is 0.298 e. The standard InChI is InChI=1S/C11H11BrO/c12-11-9(7-13)6-5-8-3-1-2-4-10(8)11/h5-7H,1-4H2. The first-order chi connectivity index (χ1) is 6.33. The number of rotatable bonds is 1. The Bertz CT molecular complexity index is 344. The molecule has 0 unspecified atom stereocenters. The summed E-state index contributed by atoms with van der Waals surface area (Å²) in [7, 11) is 0. The number of hydrogen-bond acceptors (Lipinski definition) is 1. The van der Waals surface area contributed by atoms with Gasteiger partial charge in [-0.05, 0) is 52.7 Å². The Kier molecular flexibility index (Phi) is 2.49. The quantitative estimate of drug-likeness (QED) is 0.688. The smallest absolute Gasteiger partial charge is 0.151 e. The lowest BCUT2D eigenvalue weighted by Gasteiger charge is -2.17. The van der Waals surface area contributed by atoms with E-state index in [1.807, 2.05) is 6.07 Å². The van der Waals surface area contributed by atoms with Gasteiger partial charge < -0.3 is 0 Å². The first-order valence-corrected chi connectivity index (χ1v) is 5.37. The van der Waals surface area contributed by atoms with Crippen molar-refractivity contribution in [3.8, 4) is 0 Å². The minimum absolute atomic E-state index is 0.778. The molecular weight excluding hydrogens is 228 g/mol. The predicted octanol–water partition coefficient (Wildman–Crippen LogP) is 3.14. The molecule has 2 rings (SSSR count). The van der Waals surface area contributed by atoms with Gasteiger partial charge in [0.15, 0.2) is 6.29 Å². The molecule has 0 saturated heterocycles. The molecule has 1 nitrogen and oxygen atoms in total. The van der Waals surface area contributed by atoms with Crippen LogP contribution >= 0.6 is 15.9 Å². The molecule has 2 heteroatoms. The van der Waals surface area contributed by atoms with Gasteiger partial charge in [-0.15, -0.1) is 0 Å². The monoisotopic (exact) mass is 238 g/mol. The Hall–Kier alpha value is -0.630. The summed E-state index contributed by atoms with van der Waals surface area (Å²) in [5, 5.41) is 0. The van der Waals surface area contributed by atoms with E-state index in [0.717, 1.165) is 29.2 Å². The number of hydrogen-bond donors (Lipinski definition) is 0. The molecule has 0 amide bonds. The van der Waals surface area contributed by atoms with Crippen molar-refractivity contribution in [1.29, 1.82) is 0 Å². The molecule has 0 aliphatic heterocycles. The van der Waals surface area contributed by atoms with Gasteiger partial charge in [0, 0.05) is 10.0 Å². The van der Waals surface area contributed by atoms with Gasteiger partial charge in [0.1, 0.15) is 0 Å². The molecule has 0 N–H and O–H groups in total. The van der Waals surface area contributed by atoms with Crippen molar-refractivity contribution in [3.05, 3.63) is 33.3 Å². The van der Waals surface area contributed by atoms with E-state index < -0.39 is 0 Å². The van der Waals surface area contributed by atoms with Crippen LogP contribution in [0.4, 0.5) is 0 Å². The molecule has 0 heterocycles. The van der Waals surface area contributed by atoms with E-state index in [1.54, 1.807) is 0 Å². The summed E-state index contributed by atoms with van der Waals surface area (Å²) in [4.78, 5) is 10.7. The number of carbonyl (C=O) groups is 1. The lowest BCUT2D eigenvalue weighted by molar-refractivity contribution is 0.112. The van der Waals surface area contributed by atoms with Gasteiger partial charge in [-0.2, -0.15) is 0 Å². The zero-order chi connectivity index (χ0) is 9.26. The van der Waals surface area contributed by atoms with Crippen LogP contribution in [-0.4, -0.2) is 6.29 Å². The summed E-state index contributed by atoms with van der Waals surface area (Å²) in [5.74, 6) is 0. The summed E-state index contributed by atoms with van der Waals surface area (Å²) in [6.45, 7) is 0. The third kappa shape index (κ3) is 1.55. The Morgan fingerprint density at radius 2 is 2.00 bits per heavy atom. The highest BCUT2D eigenvalue weighted by atomic mass is 79.9. The average molecular weight is 239 g/mol. The van der Waals surface area contributed by atoms with E-state index >= 15 is 0 Å². The summed E-state index contributed by atoms with van der Waals surface area (Å²) in [6.07, 6.45) is 5.71. The highest BCUT2D eigenvalue weighted by Gasteiger charge is 2.13. The molecule has 0 bridgehead atoms. The molecule has 0 atom stereocenters. The zero-order valence-electron chi connectivity index (χ0n) is 7.35. The Labute approximate surface area is 86.3 Å². The van der Waals surface area contributed by atoms with Crippen molar-refractivity contribution in [3.63, 3.8) is 0 Å². The van der Waals surface area contributed by atoms with Crippen molar-refractivity contribution in [2.75, 3.05) is 0 Å². The van der Waals surface area contributed by atoms with Crippen molar-refractivity contribution in [1.82, 2.24) is 0 Å². The Morgan fingerprint density at radius 3 is 2.77 bits per heavy atom. The van der Waals surface area contributed by atoms with Crippen molar-refractivity contribution in [2.45, 2.75) is 25.7 Å². The van der Waals surface area contributed by atoms with Crippen LogP contribution in [0.3, 0.4) is 0 Å². The van der Waals surface area contributed by atoms with E-state index in [2.05, 4.69) is 22.0 Å². The second-order valence-corrected chi connectivity index (χ2v) is 4.22. The fraction of sp³-hybridized carbons (Fsp3) is 0.364. The van der Waals surface area contributed by atoms with E-state index in [9.17, 15) is 4.79 Å². The van der Waals surface area contributed by atoms with Crippen LogP contribution in [0.5, 0.6) is 0 Å². The molecule has 1 aromatic carbocycles. The average Bonchev–Trinajstić information content (AvgIpc) is 2.19.